The van der Waals surface area contributed by atoms with Crippen molar-refractivity contribution in [1.29, 1.82) is 0 Å². The molecule has 1 amide bonds. The largest absolute Gasteiger partial charge is 0.481 e. The number of likely N-dealkylation sites (tertiary alicyclic amines) is 1. The SMILES string of the molecule is CC1(C(=O)O)CCN(CC(=O)NCC2(c3ccccc3)CCCCC2)C1. The number of rotatable bonds is 6. The summed E-state index contributed by atoms with van der Waals surface area (Å²) in [5, 5.41) is 12.5. The van der Waals surface area contributed by atoms with Gasteiger partial charge < -0.3 is 10.4 Å². The maximum Gasteiger partial charge on any atom is 0.310 e. The van der Waals surface area contributed by atoms with Crippen LogP contribution in [0.1, 0.15) is 51.0 Å². The van der Waals surface area contributed by atoms with E-state index in [1.165, 1.54) is 24.8 Å². The van der Waals surface area contributed by atoms with Gasteiger partial charge in [-0.25, -0.2) is 0 Å². The second-order valence-electron chi connectivity index (χ2n) is 8.31. The summed E-state index contributed by atoms with van der Waals surface area (Å²) in [6.45, 7) is 3.83. The number of amides is 1. The second kappa shape index (κ2) is 7.78. The number of carboxylic acids is 1. The molecule has 1 saturated carbocycles. The maximum absolute atomic E-state index is 12.5. The van der Waals surface area contributed by atoms with Crippen LogP contribution in [-0.4, -0.2) is 48.1 Å². The minimum Gasteiger partial charge on any atom is -0.481 e. The van der Waals surface area contributed by atoms with Crippen LogP contribution in [0.3, 0.4) is 0 Å². The highest BCUT2D eigenvalue weighted by molar-refractivity contribution is 5.79. The van der Waals surface area contributed by atoms with Gasteiger partial charge >= 0.3 is 5.97 Å². The standard InChI is InChI=1S/C21H30N2O3/c1-20(19(25)26)12-13-23(16-20)14-18(24)22-15-21(10-6-3-7-11-21)17-8-4-2-5-9-17/h2,4-5,8-9H,3,6-7,10-16H2,1H3,(H,22,24)(H,25,26). The third-order valence-corrected chi connectivity index (χ3v) is 6.26. The molecule has 26 heavy (non-hydrogen) atoms. The van der Waals surface area contributed by atoms with Gasteiger partial charge in [0.2, 0.25) is 5.91 Å². The van der Waals surface area contributed by atoms with Gasteiger partial charge in [0.1, 0.15) is 0 Å². The van der Waals surface area contributed by atoms with Crippen LogP contribution in [0, 0.1) is 5.41 Å². The Balaban J connectivity index is 1.58. The van der Waals surface area contributed by atoms with Crippen molar-refractivity contribution < 1.29 is 14.7 Å². The monoisotopic (exact) mass is 358 g/mol. The Morgan fingerprint density at radius 1 is 1.12 bits per heavy atom. The molecule has 1 aliphatic carbocycles. The molecule has 1 saturated heterocycles. The number of nitrogens with one attached hydrogen (secondary N) is 1. The Morgan fingerprint density at radius 3 is 2.42 bits per heavy atom. The number of hydrogen-bond acceptors (Lipinski definition) is 3. The molecular formula is C21H30N2O3. The first kappa shape index (κ1) is 18.9. The predicted molar refractivity (Wildman–Crippen MR) is 101 cm³/mol. The highest BCUT2D eigenvalue weighted by Crippen LogP contribution is 2.39. The molecule has 1 unspecified atom stereocenters. The van der Waals surface area contributed by atoms with E-state index in [0.29, 0.717) is 26.1 Å². The fraction of sp³-hybridized carbons (Fsp3) is 0.619. The summed E-state index contributed by atoms with van der Waals surface area (Å²) in [4.78, 5) is 25.8. The highest BCUT2D eigenvalue weighted by Gasteiger charge is 2.41. The lowest BCUT2D eigenvalue weighted by atomic mass is 9.69. The van der Waals surface area contributed by atoms with Crippen molar-refractivity contribution >= 4 is 11.9 Å². The summed E-state index contributed by atoms with van der Waals surface area (Å²) in [6.07, 6.45) is 6.49. The maximum atomic E-state index is 12.5. The predicted octanol–water partition coefficient (Wildman–Crippen LogP) is 2.80. The van der Waals surface area contributed by atoms with Gasteiger partial charge in [-0.15, -0.1) is 0 Å². The van der Waals surface area contributed by atoms with Crippen molar-refractivity contribution in [2.24, 2.45) is 5.41 Å². The molecule has 0 radical (unpaired) electrons. The number of aliphatic carboxylic acids is 1. The van der Waals surface area contributed by atoms with E-state index < -0.39 is 11.4 Å². The van der Waals surface area contributed by atoms with Gasteiger partial charge in [0.05, 0.1) is 12.0 Å². The molecule has 2 aliphatic rings. The Kier molecular flexibility index (Phi) is 5.66. The molecule has 0 spiro atoms. The van der Waals surface area contributed by atoms with Crippen molar-refractivity contribution in [3.05, 3.63) is 35.9 Å². The van der Waals surface area contributed by atoms with Crippen molar-refractivity contribution in [1.82, 2.24) is 10.2 Å². The average Bonchev–Trinajstić information content (AvgIpc) is 3.04. The zero-order chi connectivity index (χ0) is 18.6. The first-order chi connectivity index (χ1) is 12.4. The summed E-state index contributed by atoms with van der Waals surface area (Å²) >= 11 is 0. The molecule has 2 N–H and O–H groups in total. The number of carbonyl (C=O) groups excluding carboxylic acids is 1. The van der Waals surface area contributed by atoms with Crippen LogP contribution in [-0.2, 0) is 15.0 Å². The molecular weight excluding hydrogens is 328 g/mol. The summed E-state index contributed by atoms with van der Waals surface area (Å²) in [5.74, 6) is -0.772. The van der Waals surface area contributed by atoms with E-state index in [-0.39, 0.29) is 17.9 Å². The second-order valence-corrected chi connectivity index (χ2v) is 8.31. The van der Waals surface area contributed by atoms with Gasteiger partial charge in [0, 0.05) is 18.5 Å². The van der Waals surface area contributed by atoms with E-state index in [4.69, 9.17) is 0 Å². The van der Waals surface area contributed by atoms with Crippen LogP contribution in [0.4, 0.5) is 0 Å². The van der Waals surface area contributed by atoms with Gasteiger partial charge in [0.25, 0.3) is 0 Å². The van der Waals surface area contributed by atoms with Crippen molar-refractivity contribution in [2.45, 2.75) is 50.9 Å². The average molecular weight is 358 g/mol. The molecule has 0 bridgehead atoms. The van der Waals surface area contributed by atoms with Gasteiger partial charge in [-0.3, -0.25) is 14.5 Å². The smallest absolute Gasteiger partial charge is 0.310 e. The zero-order valence-electron chi connectivity index (χ0n) is 15.7. The van der Waals surface area contributed by atoms with Crippen LogP contribution in [0.15, 0.2) is 30.3 Å². The van der Waals surface area contributed by atoms with Crippen LogP contribution >= 0.6 is 0 Å². The Bertz CT molecular complexity index is 640. The van der Waals surface area contributed by atoms with Crippen molar-refractivity contribution in [3.8, 4) is 0 Å². The number of nitrogens with zero attached hydrogens (tertiary/aromatic N) is 1. The quantitative estimate of drug-likeness (QED) is 0.820. The first-order valence-corrected chi connectivity index (χ1v) is 9.72. The minimum absolute atomic E-state index is 0.000480. The van der Waals surface area contributed by atoms with E-state index in [2.05, 4.69) is 29.6 Å². The van der Waals surface area contributed by atoms with Crippen molar-refractivity contribution in [3.63, 3.8) is 0 Å². The van der Waals surface area contributed by atoms with Gasteiger partial charge in [0.15, 0.2) is 0 Å². The third-order valence-electron chi connectivity index (χ3n) is 6.26. The molecule has 5 nitrogen and oxygen atoms in total. The summed E-state index contributed by atoms with van der Waals surface area (Å²) < 4.78 is 0. The molecule has 0 aromatic heterocycles. The minimum atomic E-state index is -0.773. The number of hydrogen-bond donors (Lipinski definition) is 2. The number of benzene rings is 1. The fourth-order valence-corrected chi connectivity index (χ4v) is 4.48. The zero-order valence-corrected chi connectivity index (χ0v) is 15.7. The molecule has 2 fully saturated rings. The topological polar surface area (TPSA) is 69.6 Å². The normalized spacial score (nSPS) is 25.7. The lowest BCUT2D eigenvalue weighted by Crippen LogP contribution is -2.45. The Morgan fingerprint density at radius 2 is 1.81 bits per heavy atom. The van der Waals surface area contributed by atoms with E-state index in [9.17, 15) is 14.7 Å². The van der Waals surface area contributed by atoms with E-state index in [0.717, 1.165) is 12.8 Å². The molecule has 1 atom stereocenters. The van der Waals surface area contributed by atoms with E-state index >= 15 is 0 Å². The summed E-state index contributed by atoms with van der Waals surface area (Å²) in [7, 11) is 0. The number of carboxylic acid groups (broad SMARTS) is 1. The lowest BCUT2D eigenvalue weighted by Gasteiger charge is -2.38. The fourth-order valence-electron chi connectivity index (χ4n) is 4.48. The van der Waals surface area contributed by atoms with Crippen LogP contribution < -0.4 is 5.32 Å². The van der Waals surface area contributed by atoms with E-state index in [1.807, 2.05) is 11.0 Å². The number of carbonyl (C=O) groups is 2. The van der Waals surface area contributed by atoms with Crippen LogP contribution in [0.5, 0.6) is 0 Å². The van der Waals surface area contributed by atoms with Gasteiger partial charge in [-0.1, -0.05) is 49.6 Å². The van der Waals surface area contributed by atoms with Gasteiger partial charge in [-0.05, 0) is 38.3 Å². The van der Waals surface area contributed by atoms with Crippen LogP contribution in [0.25, 0.3) is 0 Å². The summed E-state index contributed by atoms with van der Waals surface area (Å²) in [6, 6.07) is 10.5. The lowest BCUT2D eigenvalue weighted by molar-refractivity contribution is -0.147. The Labute approximate surface area is 155 Å². The van der Waals surface area contributed by atoms with Gasteiger partial charge in [-0.2, -0.15) is 0 Å². The van der Waals surface area contributed by atoms with E-state index in [1.54, 1.807) is 6.92 Å². The van der Waals surface area contributed by atoms with Crippen molar-refractivity contribution in [2.75, 3.05) is 26.2 Å². The summed E-state index contributed by atoms with van der Waals surface area (Å²) in [5.41, 5.74) is 0.629. The highest BCUT2D eigenvalue weighted by atomic mass is 16.4. The molecule has 5 heteroatoms. The molecule has 1 heterocycles. The molecule has 1 aliphatic heterocycles. The molecule has 1 aromatic rings. The Hall–Kier alpha value is -1.88. The first-order valence-electron chi connectivity index (χ1n) is 9.72. The third kappa shape index (κ3) is 4.09. The molecule has 1 aromatic carbocycles. The molecule has 3 rings (SSSR count). The molecule has 142 valence electrons. The van der Waals surface area contributed by atoms with Crippen LogP contribution in [0.2, 0.25) is 0 Å².